The first-order valence-electron chi connectivity index (χ1n) is 22.4. The van der Waals surface area contributed by atoms with Gasteiger partial charge in [-0.25, -0.2) is 15.0 Å². The molecule has 9 aromatic carbocycles. The summed E-state index contributed by atoms with van der Waals surface area (Å²) in [5.74, 6) is 1.82. The lowest BCUT2D eigenvalue weighted by Crippen LogP contribution is -2.20. The molecule has 2 N–H and O–H groups in total. The second kappa shape index (κ2) is 18.2. The van der Waals surface area contributed by atoms with Crippen LogP contribution in [-0.2, 0) is 0 Å². The van der Waals surface area contributed by atoms with Gasteiger partial charge in [0.1, 0.15) is 0 Å². The van der Waals surface area contributed by atoms with Crippen molar-refractivity contribution in [3.63, 3.8) is 0 Å². The van der Waals surface area contributed by atoms with Crippen molar-refractivity contribution in [2.24, 2.45) is 0 Å². The molecule has 67 heavy (non-hydrogen) atoms. The van der Waals surface area contributed by atoms with Crippen LogP contribution < -0.4 is 5.32 Å². The van der Waals surface area contributed by atoms with E-state index in [0.717, 1.165) is 94.9 Å². The molecule has 0 spiro atoms. The Hall–Kier alpha value is -9.06. The summed E-state index contributed by atoms with van der Waals surface area (Å²) in [4.78, 5) is 15.2. The number of aromatic nitrogens is 3. The number of fused-ring (bicyclic) bond motifs is 1. The zero-order valence-electron chi connectivity index (χ0n) is 36.5. The SMILES string of the molecule is N=C(/C(=C1\NC(c2ccccc2)=Cc2cc(-c3ccc(-c4nc(-c5ccc(-c6ccccc6)cc5)nc(-c5ccc(-c6ccccc6)cc5)n4)cc3)ccc21)c1ccccc1)c1ccccc1. The maximum atomic E-state index is 9.61. The van der Waals surface area contributed by atoms with E-state index < -0.39 is 0 Å². The Morgan fingerprint density at radius 2 is 0.672 bits per heavy atom. The summed E-state index contributed by atoms with van der Waals surface area (Å²) >= 11 is 0. The lowest BCUT2D eigenvalue weighted by molar-refractivity contribution is 1.07. The maximum absolute atomic E-state index is 9.61. The maximum Gasteiger partial charge on any atom is 0.164 e. The van der Waals surface area contributed by atoms with Gasteiger partial charge in [-0.1, -0.05) is 237 Å². The average molecular weight is 858 g/mol. The number of nitrogens with one attached hydrogen (secondary N) is 2. The minimum atomic E-state index is 0.451. The topological polar surface area (TPSA) is 74.6 Å². The van der Waals surface area contributed by atoms with E-state index >= 15 is 0 Å². The molecule has 11 rings (SSSR count). The Kier molecular flexibility index (Phi) is 11.1. The molecule has 316 valence electrons. The van der Waals surface area contributed by atoms with Crippen molar-refractivity contribution in [1.29, 1.82) is 5.41 Å². The third-order valence-electron chi connectivity index (χ3n) is 12.2. The first kappa shape index (κ1) is 40.7. The molecule has 0 saturated heterocycles. The van der Waals surface area contributed by atoms with Crippen LogP contribution >= 0.6 is 0 Å². The molecule has 0 bridgehead atoms. The van der Waals surface area contributed by atoms with E-state index in [9.17, 15) is 5.41 Å². The number of nitrogens with zero attached hydrogens (tertiary/aromatic N) is 3. The van der Waals surface area contributed by atoms with Crippen LogP contribution in [0, 0.1) is 5.41 Å². The molecule has 0 unspecified atom stereocenters. The van der Waals surface area contributed by atoms with Crippen LogP contribution in [0.3, 0.4) is 0 Å². The van der Waals surface area contributed by atoms with Gasteiger partial charge in [0.05, 0.1) is 11.4 Å². The highest BCUT2D eigenvalue weighted by molar-refractivity contribution is 6.36. The lowest BCUT2D eigenvalue weighted by atomic mass is 9.87. The molecule has 0 amide bonds. The quantitative estimate of drug-likeness (QED) is 0.134. The molecular weight excluding hydrogens is 815 g/mol. The van der Waals surface area contributed by atoms with E-state index in [0.29, 0.717) is 23.2 Å². The molecule has 0 radical (unpaired) electrons. The fourth-order valence-electron chi connectivity index (χ4n) is 8.68. The van der Waals surface area contributed by atoms with E-state index in [2.05, 4.69) is 187 Å². The van der Waals surface area contributed by atoms with Crippen molar-refractivity contribution in [3.05, 3.63) is 270 Å². The van der Waals surface area contributed by atoms with Crippen molar-refractivity contribution in [1.82, 2.24) is 20.3 Å². The van der Waals surface area contributed by atoms with Gasteiger partial charge in [0.2, 0.25) is 0 Å². The molecule has 0 aliphatic carbocycles. The van der Waals surface area contributed by atoms with Gasteiger partial charge >= 0.3 is 0 Å². The molecule has 0 atom stereocenters. The van der Waals surface area contributed by atoms with Crippen molar-refractivity contribution in [2.75, 3.05) is 0 Å². The smallest absolute Gasteiger partial charge is 0.164 e. The Bertz CT molecular complexity index is 3320. The zero-order chi connectivity index (χ0) is 44.9. The third-order valence-corrected chi connectivity index (χ3v) is 12.2. The predicted molar refractivity (Wildman–Crippen MR) is 276 cm³/mol. The van der Waals surface area contributed by atoms with Crippen molar-refractivity contribution in [2.45, 2.75) is 0 Å². The highest BCUT2D eigenvalue weighted by Gasteiger charge is 2.24. The van der Waals surface area contributed by atoms with Gasteiger partial charge in [-0.2, -0.15) is 0 Å². The third kappa shape index (κ3) is 8.53. The van der Waals surface area contributed by atoms with E-state index in [1.807, 2.05) is 66.7 Å². The number of allylic oxidation sites excluding steroid dienone is 1. The highest BCUT2D eigenvalue weighted by atomic mass is 15.0. The summed E-state index contributed by atoms with van der Waals surface area (Å²) < 4.78 is 0. The number of hydrogen-bond acceptors (Lipinski definition) is 5. The molecule has 1 aliphatic heterocycles. The lowest BCUT2D eigenvalue weighted by Gasteiger charge is -2.26. The Labute approximate surface area is 390 Å². The second-order valence-corrected chi connectivity index (χ2v) is 16.5. The van der Waals surface area contributed by atoms with Gasteiger partial charge in [0.25, 0.3) is 0 Å². The minimum Gasteiger partial charge on any atom is -0.354 e. The van der Waals surface area contributed by atoms with Gasteiger partial charge in [0.15, 0.2) is 17.5 Å². The van der Waals surface area contributed by atoms with Gasteiger partial charge in [-0.15, -0.1) is 0 Å². The number of benzene rings is 9. The first-order valence-corrected chi connectivity index (χ1v) is 22.4. The van der Waals surface area contributed by atoms with E-state index in [4.69, 9.17) is 15.0 Å². The molecule has 0 fully saturated rings. The average Bonchev–Trinajstić information content (AvgIpc) is 3.42. The van der Waals surface area contributed by atoms with Crippen molar-refractivity contribution < 1.29 is 0 Å². The van der Waals surface area contributed by atoms with Gasteiger partial charge in [-0.05, 0) is 62.2 Å². The molecule has 5 nitrogen and oxygen atoms in total. The Balaban J connectivity index is 0.981. The summed E-state index contributed by atoms with van der Waals surface area (Å²) in [6, 6.07) is 83.3. The molecular formula is C62H43N5. The van der Waals surface area contributed by atoms with Crippen LogP contribution in [0.4, 0.5) is 0 Å². The standard InChI is InChI=1S/C62H43N5/c63-58(49-24-14-5-15-25-49)57(48-22-12-4-13-23-48)59-55-39-38-53(40-54(55)41-56(64-59)47-20-10-3-11-21-47)46-30-36-52(37-31-46)62-66-60(50-32-26-44(27-33-50)42-16-6-1-7-17-42)65-61(67-62)51-34-28-45(29-35-51)43-18-8-2-9-19-43/h1-41,63-64H/b59-57-,63-58?. The van der Waals surface area contributed by atoms with E-state index in [-0.39, 0.29) is 0 Å². The van der Waals surface area contributed by atoms with Crippen LogP contribution in [0.15, 0.2) is 243 Å². The van der Waals surface area contributed by atoms with Crippen LogP contribution in [0.25, 0.3) is 90.6 Å². The summed E-state index contributed by atoms with van der Waals surface area (Å²) in [7, 11) is 0. The molecule has 10 aromatic rings. The second-order valence-electron chi connectivity index (χ2n) is 16.5. The van der Waals surface area contributed by atoms with Gasteiger partial charge in [-0.3, -0.25) is 5.41 Å². The van der Waals surface area contributed by atoms with E-state index in [1.54, 1.807) is 0 Å². The van der Waals surface area contributed by atoms with Crippen molar-refractivity contribution in [3.8, 4) is 67.5 Å². The summed E-state index contributed by atoms with van der Waals surface area (Å²) in [6.45, 7) is 0. The molecule has 2 heterocycles. The fourth-order valence-corrected chi connectivity index (χ4v) is 8.68. The first-order chi connectivity index (χ1) is 33.1. The Morgan fingerprint density at radius 3 is 1.12 bits per heavy atom. The van der Waals surface area contributed by atoms with Crippen molar-refractivity contribution >= 4 is 28.8 Å². The number of hydrogen-bond donors (Lipinski definition) is 2. The normalized spacial score (nSPS) is 12.6. The minimum absolute atomic E-state index is 0.451. The summed E-state index contributed by atoms with van der Waals surface area (Å²) in [5.41, 5.74) is 17.6. The Morgan fingerprint density at radius 1 is 0.328 bits per heavy atom. The van der Waals surface area contributed by atoms with Gasteiger partial charge < -0.3 is 5.32 Å². The zero-order valence-corrected chi connectivity index (χ0v) is 36.5. The largest absolute Gasteiger partial charge is 0.354 e. The monoisotopic (exact) mass is 857 g/mol. The molecule has 1 aliphatic rings. The van der Waals surface area contributed by atoms with Gasteiger partial charge in [0, 0.05) is 39.1 Å². The number of rotatable bonds is 10. The molecule has 1 aromatic heterocycles. The highest BCUT2D eigenvalue weighted by Crippen LogP contribution is 2.39. The fraction of sp³-hybridized carbons (Fsp3) is 0. The predicted octanol–water partition coefficient (Wildman–Crippen LogP) is 14.9. The van der Waals surface area contributed by atoms with Crippen LogP contribution in [0.2, 0.25) is 0 Å². The van der Waals surface area contributed by atoms with Crippen LogP contribution in [-0.4, -0.2) is 20.7 Å². The van der Waals surface area contributed by atoms with Crippen LogP contribution in [0.1, 0.15) is 27.8 Å². The molecule has 5 heteroatoms. The van der Waals surface area contributed by atoms with E-state index in [1.165, 1.54) is 0 Å². The molecule has 0 saturated carbocycles. The van der Waals surface area contributed by atoms with Crippen LogP contribution in [0.5, 0.6) is 0 Å². The summed E-state index contributed by atoms with van der Waals surface area (Å²) in [6.07, 6.45) is 2.22. The summed E-state index contributed by atoms with van der Waals surface area (Å²) in [5, 5.41) is 13.4.